The Morgan fingerprint density at radius 2 is 1.98 bits per heavy atom. The summed E-state index contributed by atoms with van der Waals surface area (Å²) in [5.41, 5.74) is 1.41. The molecule has 2 aromatic carbocycles. The number of fused-ring (bicyclic) bond motifs is 1. The number of hydrogen-bond acceptors (Lipinski definition) is 9. The molecule has 1 aliphatic rings. The van der Waals surface area contributed by atoms with Crippen molar-refractivity contribution < 1.29 is 23.6 Å². The number of carbonyl (C=O) groups is 1. The third-order valence-corrected chi connectivity index (χ3v) is 7.57. The molecule has 12 heteroatoms. The molecule has 10 nitrogen and oxygen atoms in total. The number of nitrogens with zero attached hydrogens (tertiary/aromatic N) is 3. The van der Waals surface area contributed by atoms with Crippen molar-refractivity contribution in [2.45, 2.75) is 19.9 Å². The number of furan rings is 1. The van der Waals surface area contributed by atoms with E-state index in [0.29, 0.717) is 43.4 Å². The highest BCUT2D eigenvalue weighted by atomic mass is 35.5. The van der Waals surface area contributed by atoms with Crippen molar-refractivity contribution in [1.29, 1.82) is 0 Å². The SMILES string of the molecule is CCOC(=O)C1=C(C)N=c2s/c(=C\c3ccc(-c4ccc([N+](=O)[O-])cc4Cl)o3)c(=O)n2[C@@H]1c1ccc(OC)cc1. The molecular weight excluding hydrogens is 558 g/mol. The number of allylic oxidation sites excluding steroid dienone is 1. The molecule has 1 atom stereocenters. The number of carbonyl (C=O) groups excluding carboxylic acids is 1. The molecule has 5 rings (SSSR count). The molecule has 0 spiro atoms. The Morgan fingerprint density at radius 1 is 1.23 bits per heavy atom. The summed E-state index contributed by atoms with van der Waals surface area (Å²) in [6, 6.07) is 13.8. The molecule has 0 unspecified atom stereocenters. The Balaban J connectivity index is 1.60. The summed E-state index contributed by atoms with van der Waals surface area (Å²) in [4.78, 5) is 42.2. The van der Waals surface area contributed by atoms with Gasteiger partial charge in [-0.2, -0.15) is 0 Å². The normalized spacial score (nSPS) is 15.0. The van der Waals surface area contributed by atoms with Crippen LogP contribution in [0.3, 0.4) is 0 Å². The molecule has 2 aromatic heterocycles. The third kappa shape index (κ3) is 4.96. The van der Waals surface area contributed by atoms with Gasteiger partial charge in [0.25, 0.3) is 11.2 Å². The van der Waals surface area contributed by atoms with Crippen LogP contribution < -0.4 is 19.6 Å². The second-order valence-corrected chi connectivity index (χ2v) is 10.1. The van der Waals surface area contributed by atoms with E-state index in [2.05, 4.69) is 4.99 Å². The van der Waals surface area contributed by atoms with Crippen LogP contribution in [0.1, 0.15) is 31.2 Å². The van der Waals surface area contributed by atoms with Crippen LogP contribution in [-0.4, -0.2) is 29.2 Å². The Kier molecular flexibility index (Phi) is 7.42. The number of non-ortho nitro benzene ring substituents is 1. The van der Waals surface area contributed by atoms with Crippen molar-refractivity contribution in [3.05, 3.63) is 112 Å². The standard InChI is InChI=1S/C28H22ClN3O7S/c1-4-38-27(34)24-15(2)30-28-31(25(24)16-5-8-18(37-3)9-6-16)26(33)23(40-28)14-19-10-12-22(39-19)20-11-7-17(32(35)36)13-21(20)29/h5-14,25H,4H2,1-3H3/b23-14-/t25-/m1/s1. The first-order chi connectivity index (χ1) is 19.2. The number of benzene rings is 2. The van der Waals surface area contributed by atoms with Gasteiger partial charge in [-0.3, -0.25) is 19.5 Å². The lowest BCUT2D eigenvalue weighted by Crippen LogP contribution is -2.39. The molecule has 0 N–H and O–H groups in total. The number of rotatable bonds is 7. The van der Waals surface area contributed by atoms with E-state index < -0.39 is 16.9 Å². The summed E-state index contributed by atoms with van der Waals surface area (Å²) in [6.45, 7) is 3.61. The highest BCUT2D eigenvalue weighted by molar-refractivity contribution is 7.07. The van der Waals surface area contributed by atoms with E-state index >= 15 is 0 Å². The largest absolute Gasteiger partial charge is 0.497 e. The van der Waals surface area contributed by atoms with Gasteiger partial charge >= 0.3 is 5.97 Å². The monoisotopic (exact) mass is 579 g/mol. The zero-order valence-corrected chi connectivity index (χ0v) is 23.1. The summed E-state index contributed by atoms with van der Waals surface area (Å²) in [6.07, 6.45) is 1.58. The van der Waals surface area contributed by atoms with E-state index in [1.807, 2.05) is 0 Å². The maximum atomic E-state index is 13.7. The van der Waals surface area contributed by atoms with Crippen molar-refractivity contribution in [3.8, 4) is 17.1 Å². The van der Waals surface area contributed by atoms with E-state index in [4.69, 9.17) is 25.5 Å². The predicted molar refractivity (Wildman–Crippen MR) is 149 cm³/mol. The quantitative estimate of drug-likeness (QED) is 0.177. The molecule has 3 heterocycles. The van der Waals surface area contributed by atoms with Gasteiger partial charge in [0.1, 0.15) is 17.3 Å². The smallest absolute Gasteiger partial charge is 0.338 e. The first-order valence-electron chi connectivity index (χ1n) is 12.1. The summed E-state index contributed by atoms with van der Waals surface area (Å²) < 4.78 is 18.3. The van der Waals surface area contributed by atoms with Gasteiger partial charge < -0.3 is 13.9 Å². The number of nitro groups is 1. The molecule has 0 bridgehead atoms. The number of nitro benzene ring substituents is 1. The fourth-order valence-electron chi connectivity index (χ4n) is 4.41. The Morgan fingerprint density at radius 3 is 2.62 bits per heavy atom. The number of thiazole rings is 1. The van der Waals surface area contributed by atoms with Gasteiger partial charge in [-0.05, 0) is 49.7 Å². The molecule has 0 saturated carbocycles. The average Bonchev–Trinajstić information content (AvgIpc) is 3.52. The van der Waals surface area contributed by atoms with Gasteiger partial charge in [0, 0.05) is 23.8 Å². The third-order valence-electron chi connectivity index (χ3n) is 6.28. The first-order valence-corrected chi connectivity index (χ1v) is 13.3. The van der Waals surface area contributed by atoms with E-state index in [9.17, 15) is 19.7 Å². The molecule has 0 amide bonds. The zero-order valence-electron chi connectivity index (χ0n) is 21.5. The summed E-state index contributed by atoms with van der Waals surface area (Å²) in [5, 5.41) is 11.2. The summed E-state index contributed by atoms with van der Waals surface area (Å²) >= 11 is 7.41. The van der Waals surface area contributed by atoms with Gasteiger partial charge in [0.05, 0.1) is 45.5 Å². The lowest BCUT2D eigenvalue weighted by molar-refractivity contribution is -0.384. The number of esters is 1. The van der Waals surface area contributed by atoms with Crippen LogP contribution in [0.4, 0.5) is 5.69 Å². The van der Waals surface area contributed by atoms with Crippen molar-refractivity contribution in [3.63, 3.8) is 0 Å². The van der Waals surface area contributed by atoms with Gasteiger partial charge in [0.2, 0.25) is 0 Å². The number of methoxy groups -OCH3 is 1. The first kappa shape index (κ1) is 27.1. The molecule has 4 aromatic rings. The van der Waals surface area contributed by atoms with Crippen molar-refractivity contribution in [1.82, 2.24) is 4.57 Å². The maximum Gasteiger partial charge on any atom is 0.338 e. The summed E-state index contributed by atoms with van der Waals surface area (Å²) in [7, 11) is 1.56. The molecule has 1 aliphatic heterocycles. The van der Waals surface area contributed by atoms with Crippen LogP contribution in [0, 0.1) is 10.1 Å². The molecule has 0 fully saturated rings. The van der Waals surface area contributed by atoms with Crippen LogP contribution in [-0.2, 0) is 9.53 Å². The number of ether oxygens (including phenoxy) is 2. The Hall–Kier alpha value is -4.48. The number of hydrogen-bond donors (Lipinski definition) is 0. The van der Waals surface area contributed by atoms with Crippen molar-refractivity contribution >= 4 is 40.7 Å². The maximum absolute atomic E-state index is 13.7. The highest BCUT2D eigenvalue weighted by Crippen LogP contribution is 2.33. The highest BCUT2D eigenvalue weighted by Gasteiger charge is 2.33. The topological polar surface area (TPSA) is 126 Å². The van der Waals surface area contributed by atoms with Crippen LogP contribution in [0.25, 0.3) is 17.4 Å². The molecule has 204 valence electrons. The number of halogens is 1. The molecule has 0 saturated heterocycles. The number of aromatic nitrogens is 1. The second-order valence-electron chi connectivity index (χ2n) is 8.70. The molecule has 40 heavy (non-hydrogen) atoms. The van der Waals surface area contributed by atoms with Crippen LogP contribution in [0.15, 0.2) is 80.1 Å². The molecule has 0 aliphatic carbocycles. The van der Waals surface area contributed by atoms with Crippen molar-refractivity contribution in [2.75, 3.05) is 13.7 Å². The minimum Gasteiger partial charge on any atom is -0.497 e. The van der Waals surface area contributed by atoms with Gasteiger partial charge in [-0.15, -0.1) is 0 Å². The van der Waals surface area contributed by atoms with Crippen LogP contribution >= 0.6 is 22.9 Å². The van der Waals surface area contributed by atoms with E-state index in [-0.39, 0.29) is 28.4 Å². The minimum atomic E-state index is -0.755. The molecular formula is C28H22ClN3O7S. The lowest BCUT2D eigenvalue weighted by Gasteiger charge is -2.24. The van der Waals surface area contributed by atoms with Gasteiger partial charge in [0.15, 0.2) is 4.80 Å². The minimum absolute atomic E-state index is 0.134. The fourth-order valence-corrected chi connectivity index (χ4v) is 5.71. The average molecular weight is 580 g/mol. The molecule has 0 radical (unpaired) electrons. The Bertz CT molecular complexity index is 1850. The summed E-state index contributed by atoms with van der Waals surface area (Å²) in [5.74, 6) is 0.846. The van der Waals surface area contributed by atoms with Gasteiger partial charge in [-0.1, -0.05) is 35.1 Å². The van der Waals surface area contributed by atoms with E-state index in [0.717, 1.165) is 11.3 Å². The van der Waals surface area contributed by atoms with E-state index in [1.54, 1.807) is 63.4 Å². The van der Waals surface area contributed by atoms with Crippen LogP contribution in [0.5, 0.6) is 5.75 Å². The van der Waals surface area contributed by atoms with E-state index in [1.165, 1.54) is 22.8 Å². The van der Waals surface area contributed by atoms with Crippen LogP contribution in [0.2, 0.25) is 5.02 Å². The predicted octanol–water partition coefficient (Wildman–Crippen LogP) is 4.63. The fraction of sp³-hybridized carbons (Fsp3) is 0.179. The van der Waals surface area contributed by atoms with Crippen molar-refractivity contribution in [2.24, 2.45) is 4.99 Å². The second kappa shape index (κ2) is 10.9. The van der Waals surface area contributed by atoms with Gasteiger partial charge in [-0.25, -0.2) is 9.79 Å². The zero-order chi connectivity index (χ0) is 28.6. The Labute approximate surface area is 236 Å². The lowest BCUT2D eigenvalue weighted by atomic mass is 9.96.